The van der Waals surface area contributed by atoms with E-state index in [-0.39, 0.29) is 24.4 Å². The molecule has 3 heteroatoms. The van der Waals surface area contributed by atoms with Crippen molar-refractivity contribution in [1.82, 2.24) is 0 Å². The molecule has 12 heavy (non-hydrogen) atoms. The summed E-state index contributed by atoms with van der Waals surface area (Å²) in [6, 6.07) is 0. The van der Waals surface area contributed by atoms with Crippen LogP contribution >= 0.6 is 0 Å². The van der Waals surface area contributed by atoms with Crippen LogP contribution < -0.4 is 0 Å². The van der Waals surface area contributed by atoms with Crippen molar-refractivity contribution in [1.29, 1.82) is 0 Å². The Bertz CT molecular complexity index is 188. The fraction of sp³-hybridized carbons (Fsp3) is 1.00. The molecule has 0 aromatic heterocycles. The fourth-order valence-electron chi connectivity index (χ4n) is 3.02. The van der Waals surface area contributed by atoms with Crippen LogP contribution in [0.5, 0.6) is 0 Å². The van der Waals surface area contributed by atoms with E-state index in [9.17, 15) is 5.11 Å². The maximum atomic E-state index is 9.74. The van der Waals surface area contributed by atoms with Gasteiger partial charge in [-0.3, -0.25) is 0 Å². The van der Waals surface area contributed by atoms with Gasteiger partial charge in [-0.05, 0) is 0 Å². The van der Waals surface area contributed by atoms with Crippen LogP contribution in [0.3, 0.4) is 0 Å². The minimum atomic E-state index is -0.383. The number of ether oxygens (including phenoxy) is 2. The molecule has 0 aromatic carbocycles. The van der Waals surface area contributed by atoms with Crippen LogP contribution in [0.2, 0.25) is 0 Å². The van der Waals surface area contributed by atoms with Crippen molar-refractivity contribution in [3.8, 4) is 0 Å². The SMILES string of the molecule is C[C@@H]1C2O[C@@H]3[C@@H](O)[C@H]1O[C@@H]3[C@H]2C. The van der Waals surface area contributed by atoms with Gasteiger partial charge < -0.3 is 14.6 Å². The summed E-state index contributed by atoms with van der Waals surface area (Å²) in [4.78, 5) is 0. The van der Waals surface area contributed by atoms with E-state index in [1.54, 1.807) is 0 Å². The second-order valence-electron chi connectivity index (χ2n) is 4.34. The Balaban J connectivity index is 2.01. The molecule has 0 aliphatic carbocycles. The minimum Gasteiger partial charge on any atom is -0.388 e. The first-order chi connectivity index (χ1) is 5.70. The molecule has 4 fully saturated rings. The highest BCUT2D eigenvalue weighted by Gasteiger charge is 2.63. The van der Waals surface area contributed by atoms with E-state index in [0.717, 1.165) is 0 Å². The zero-order valence-corrected chi connectivity index (χ0v) is 7.31. The zero-order valence-electron chi connectivity index (χ0n) is 7.31. The lowest BCUT2D eigenvalue weighted by Crippen LogP contribution is -2.47. The standard InChI is InChI=1S/C9H14O3/c1-3-6-4(2)8-9(11-6)5(10)7(3)12-8/h3-10H,1-2H3/t3-,4+,5+,6?,7+,8-,9-/m1/s1. The fourth-order valence-corrected chi connectivity index (χ4v) is 3.02. The Hall–Kier alpha value is -0.120. The third-order valence-corrected chi connectivity index (χ3v) is 3.70. The number of hydrogen-bond acceptors (Lipinski definition) is 3. The van der Waals surface area contributed by atoms with Gasteiger partial charge in [-0.2, -0.15) is 0 Å². The van der Waals surface area contributed by atoms with Gasteiger partial charge >= 0.3 is 0 Å². The molecule has 4 rings (SSSR count). The molecule has 3 nitrogen and oxygen atoms in total. The monoisotopic (exact) mass is 170 g/mol. The smallest absolute Gasteiger partial charge is 0.113 e. The van der Waals surface area contributed by atoms with E-state index >= 15 is 0 Å². The van der Waals surface area contributed by atoms with Gasteiger partial charge in [0.2, 0.25) is 0 Å². The number of hydrogen-bond donors (Lipinski definition) is 1. The maximum absolute atomic E-state index is 9.74. The third-order valence-electron chi connectivity index (χ3n) is 3.70. The number of rotatable bonds is 0. The van der Waals surface area contributed by atoms with Crippen LogP contribution in [0.15, 0.2) is 0 Å². The summed E-state index contributed by atoms with van der Waals surface area (Å²) in [5, 5.41) is 9.74. The summed E-state index contributed by atoms with van der Waals surface area (Å²) in [7, 11) is 0. The molecule has 4 aliphatic rings. The van der Waals surface area contributed by atoms with E-state index < -0.39 is 0 Å². The zero-order chi connectivity index (χ0) is 8.46. The molecule has 4 heterocycles. The Kier molecular flexibility index (Phi) is 1.23. The van der Waals surface area contributed by atoms with Crippen LogP contribution in [0.4, 0.5) is 0 Å². The van der Waals surface area contributed by atoms with Gasteiger partial charge in [0, 0.05) is 11.8 Å². The summed E-state index contributed by atoms with van der Waals surface area (Å²) in [5.74, 6) is 0.809. The first kappa shape index (κ1) is 7.30. The predicted octanol–water partition coefficient (Wildman–Crippen LogP) is 0.168. The molecule has 4 aliphatic heterocycles. The van der Waals surface area contributed by atoms with Crippen molar-refractivity contribution in [2.45, 2.75) is 44.4 Å². The summed E-state index contributed by atoms with van der Waals surface area (Å²) in [6.07, 6.45) is 0.0979. The van der Waals surface area contributed by atoms with Crippen molar-refractivity contribution >= 4 is 0 Å². The van der Waals surface area contributed by atoms with Gasteiger partial charge in [-0.1, -0.05) is 13.8 Å². The highest BCUT2D eigenvalue weighted by Crippen LogP contribution is 2.49. The van der Waals surface area contributed by atoms with Gasteiger partial charge in [0.15, 0.2) is 0 Å². The van der Waals surface area contributed by atoms with Crippen LogP contribution in [0.25, 0.3) is 0 Å². The maximum Gasteiger partial charge on any atom is 0.113 e. The minimum absolute atomic E-state index is 0.0359. The Morgan fingerprint density at radius 3 is 2.08 bits per heavy atom. The molecule has 7 atom stereocenters. The lowest BCUT2D eigenvalue weighted by atomic mass is 9.87. The molecule has 1 unspecified atom stereocenters. The van der Waals surface area contributed by atoms with Crippen LogP contribution in [0, 0.1) is 11.8 Å². The Morgan fingerprint density at radius 2 is 1.42 bits per heavy atom. The first-order valence-electron chi connectivity index (χ1n) is 4.69. The van der Waals surface area contributed by atoms with E-state index in [1.807, 2.05) is 0 Å². The van der Waals surface area contributed by atoms with Crippen LogP contribution in [-0.4, -0.2) is 35.6 Å². The second kappa shape index (κ2) is 2.03. The molecular formula is C9H14O3. The van der Waals surface area contributed by atoms with Crippen LogP contribution in [-0.2, 0) is 9.47 Å². The molecule has 4 bridgehead atoms. The molecular weight excluding hydrogens is 156 g/mol. The van der Waals surface area contributed by atoms with E-state index in [2.05, 4.69) is 13.8 Å². The molecule has 1 N–H and O–H groups in total. The lowest BCUT2D eigenvalue weighted by molar-refractivity contribution is -0.149. The third kappa shape index (κ3) is 0.605. The largest absolute Gasteiger partial charge is 0.388 e. The molecule has 0 amide bonds. The molecule has 0 spiro atoms. The van der Waals surface area contributed by atoms with Crippen LogP contribution in [0.1, 0.15) is 13.8 Å². The Morgan fingerprint density at radius 1 is 0.833 bits per heavy atom. The molecule has 68 valence electrons. The highest BCUT2D eigenvalue weighted by atomic mass is 16.6. The molecule has 0 aromatic rings. The average molecular weight is 170 g/mol. The number of aliphatic hydroxyl groups excluding tert-OH is 1. The van der Waals surface area contributed by atoms with Gasteiger partial charge in [0.25, 0.3) is 0 Å². The summed E-state index contributed by atoms with van der Waals surface area (Å²) < 4.78 is 11.4. The average Bonchev–Trinajstić information content (AvgIpc) is 2.43. The summed E-state index contributed by atoms with van der Waals surface area (Å²) >= 11 is 0. The van der Waals surface area contributed by atoms with Gasteiger partial charge in [-0.15, -0.1) is 0 Å². The first-order valence-corrected chi connectivity index (χ1v) is 4.69. The second-order valence-corrected chi connectivity index (χ2v) is 4.34. The summed E-state index contributed by atoms with van der Waals surface area (Å²) in [6.45, 7) is 4.26. The van der Waals surface area contributed by atoms with Crippen molar-refractivity contribution in [3.05, 3.63) is 0 Å². The van der Waals surface area contributed by atoms with Crippen molar-refractivity contribution in [3.63, 3.8) is 0 Å². The molecule has 0 saturated carbocycles. The highest BCUT2D eigenvalue weighted by molar-refractivity contribution is 5.09. The van der Waals surface area contributed by atoms with Gasteiger partial charge in [0.05, 0.1) is 18.3 Å². The molecule has 4 saturated heterocycles. The lowest BCUT2D eigenvalue weighted by Gasteiger charge is -2.37. The summed E-state index contributed by atoms with van der Waals surface area (Å²) in [5.41, 5.74) is 0. The Labute approximate surface area is 71.7 Å². The van der Waals surface area contributed by atoms with Crippen molar-refractivity contribution in [2.24, 2.45) is 11.8 Å². The van der Waals surface area contributed by atoms with E-state index in [1.165, 1.54) is 0 Å². The predicted molar refractivity (Wildman–Crippen MR) is 41.7 cm³/mol. The van der Waals surface area contributed by atoms with Gasteiger partial charge in [-0.25, -0.2) is 0 Å². The quantitative estimate of drug-likeness (QED) is 0.563. The normalized spacial score (nSPS) is 67.8. The molecule has 0 radical (unpaired) electrons. The van der Waals surface area contributed by atoms with Crippen molar-refractivity contribution < 1.29 is 14.6 Å². The van der Waals surface area contributed by atoms with Crippen molar-refractivity contribution in [2.75, 3.05) is 0 Å². The van der Waals surface area contributed by atoms with Gasteiger partial charge in [0.1, 0.15) is 12.2 Å². The van der Waals surface area contributed by atoms with E-state index in [4.69, 9.17) is 9.47 Å². The topological polar surface area (TPSA) is 38.7 Å². The van der Waals surface area contributed by atoms with E-state index in [0.29, 0.717) is 17.9 Å². The number of aliphatic hydroxyl groups is 1.